The molecule has 12 heteroatoms. The molecule has 0 saturated carbocycles. The van der Waals surface area contributed by atoms with E-state index in [1.807, 2.05) is 48.5 Å². The highest BCUT2D eigenvalue weighted by atomic mass is 33.1. The molecule has 0 radical (unpaired) electrons. The summed E-state index contributed by atoms with van der Waals surface area (Å²) in [5.74, 6) is 2.58. The molecule has 38 heavy (non-hydrogen) atoms. The van der Waals surface area contributed by atoms with Crippen molar-refractivity contribution in [3.05, 3.63) is 72.1 Å². The Labute approximate surface area is 228 Å². The van der Waals surface area contributed by atoms with Crippen LogP contribution >= 0.6 is 21.6 Å². The van der Waals surface area contributed by atoms with Gasteiger partial charge < -0.3 is 20.1 Å². The van der Waals surface area contributed by atoms with E-state index >= 15 is 0 Å². The minimum Gasteiger partial charge on any atom is -0.497 e. The van der Waals surface area contributed by atoms with Crippen LogP contribution in [0.2, 0.25) is 0 Å². The SMILES string of the molecule is COc1ccc(-c2cc(C(=O)NCCSSCCNC(=O)c3cc(-c4ccc(OC)cc4)n[nH]3)[nH]n2)cc1. The molecule has 2 amide bonds. The fourth-order valence-electron chi connectivity index (χ4n) is 3.42. The molecule has 0 unspecified atom stereocenters. The molecule has 0 fully saturated rings. The van der Waals surface area contributed by atoms with Crippen molar-refractivity contribution in [3.8, 4) is 34.0 Å². The summed E-state index contributed by atoms with van der Waals surface area (Å²) in [7, 11) is 6.49. The standard InChI is InChI=1S/C26H28N6O4S2/c1-35-19-7-3-17(4-8-19)21-15-23(31-29-21)25(33)27-11-13-37-38-14-12-28-26(34)24-16-22(30-32-24)18-5-9-20(36-2)10-6-18/h3-10,15-16H,11-14H2,1-2H3,(H,27,33)(H,28,34)(H,29,31)(H,30,32). The van der Waals surface area contributed by atoms with Crippen molar-refractivity contribution in [2.75, 3.05) is 38.8 Å². The second-order valence-corrected chi connectivity index (χ2v) is 10.6. The Morgan fingerprint density at radius 2 is 1.11 bits per heavy atom. The van der Waals surface area contributed by atoms with Crippen LogP contribution in [0.3, 0.4) is 0 Å². The number of hydrogen-bond donors (Lipinski definition) is 4. The van der Waals surface area contributed by atoms with Crippen LogP contribution < -0.4 is 20.1 Å². The second kappa shape index (κ2) is 13.6. The summed E-state index contributed by atoms with van der Waals surface area (Å²) in [5, 5.41) is 19.8. The van der Waals surface area contributed by atoms with E-state index in [-0.39, 0.29) is 11.8 Å². The fraction of sp³-hybridized carbons (Fsp3) is 0.231. The van der Waals surface area contributed by atoms with E-state index in [4.69, 9.17) is 9.47 Å². The first-order chi connectivity index (χ1) is 18.6. The zero-order valence-corrected chi connectivity index (χ0v) is 22.6. The number of nitrogens with one attached hydrogen (secondary N) is 4. The molecule has 4 N–H and O–H groups in total. The molecule has 0 atom stereocenters. The number of carbonyl (C=O) groups excluding carboxylic acids is 2. The van der Waals surface area contributed by atoms with Gasteiger partial charge in [-0.3, -0.25) is 19.8 Å². The van der Waals surface area contributed by atoms with E-state index in [0.717, 1.165) is 34.1 Å². The van der Waals surface area contributed by atoms with E-state index in [2.05, 4.69) is 31.0 Å². The van der Waals surface area contributed by atoms with Crippen LogP contribution in [0.4, 0.5) is 0 Å². The first kappa shape index (κ1) is 27.1. The van der Waals surface area contributed by atoms with Gasteiger partial charge in [-0.25, -0.2) is 0 Å². The van der Waals surface area contributed by atoms with Crippen molar-refractivity contribution in [3.63, 3.8) is 0 Å². The van der Waals surface area contributed by atoms with Crippen LogP contribution in [-0.2, 0) is 0 Å². The molecule has 2 aromatic heterocycles. The summed E-state index contributed by atoms with van der Waals surface area (Å²) in [6.07, 6.45) is 0. The summed E-state index contributed by atoms with van der Waals surface area (Å²) >= 11 is 0. The van der Waals surface area contributed by atoms with E-state index < -0.39 is 0 Å². The molecule has 4 aromatic rings. The second-order valence-electron chi connectivity index (χ2n) is 7.95. The smallest absolute Gasteiger partial charge is 0.269 e. The van der Waals surface area contributed by atoms with Crippen molar-refractivity contribution in [2.45, 2.75) is 0 Å². The highest BCUT2D eigenvalue weighted by Crippen LogP contribution is 2.23. The van der Waals surface area contributed by atoms with Gasteiger partial charge in [0, 0.05) is 35.7 Å². The van der Waals surface area contributed by atoms with Crippen molar-refractivity contribution < 1.29 is 19.1 Å². The zero-order valence-electron chi connectivity index (χ0n) is 20.9. The predicted octanol–water partition coefficient (Wildman–Crippen LogP) is 4.03. The minimum absolute atomic E-state index is 0.205. The van der Waals surface area contributed by atoms with Gasteiger partial charge in [-0.2, -0.15) is 10.2 Å². The number of rotatable bonds is 13. The molecule has 0 saturated heterocycles. The van der Waals surface area contributed by atoms with Gasteiger partial charge in [-0.15, -0.1) is 0 Å². The monoisotopic (exact) mass is 552 g/mol. The Morgan fingerprint density at radius 1 is 0.711 bits per heavy atom. The van der Waals surface area contributed by atoms with Crippen LogP contribution in [-0.4, -0.2) is 71.0 Å². The number of aromatic amines is 2. The van der Waals surface area contributed by atoms with E-state index in [0.29, 0.717) is 35.9 Å². The van der Waals surface area contributed by atoms with E-state index in [1.54, 1.807) is 47.9 Å². The lowest BCUT2D eigenvalue weighted by molar-refractivity contribution is 0.0943. The molecule has 0 bridgehead atoms. The Kier molecular flexibility index (Phi) is 9.71. The molecular formula is C26H28N6O4S2. The third-order valence-electron chi connectivity index (χ3n) is 5.44. The highest BCUT2D eigenvalue weighted by molar-refractivity contribution is 8.76. The van der Waals surface area contributed by atoms with Gasteiger partial charge in [-0.1, -0.05) is 21.6 Å². The molecule has 4 rings (SSSR count). The predicted molar refractivity (Wildman–Crippen MR) is 151 cm³/mol. The number of hydrogen-bond acceptors (Lipinski definition) is 8. The maximum Gasteiger partial charge on any atom is 0.269 e. The van der Waals surface area contributed by atoms with Crippen LogP contribution in [0, 0.1) is 0 Å². The largest absolute Gasteiger partial charge is 0.497 e. The van der Waals surface area contributed by atoms with Crippen molar-refractivity contribution in [1.82, 2.24) is 31.0 Å². The van der Waals surface area contributed by atoms with Gasteiger partial charge in [0.15, 0.2) is 0 Å². The number of aromatic nitrogens is 4. The lowest BCUT2D eigenvalue weighted by Crippen LogP contribution is -2.26. The topological polar surface area (TPSA) is 134 Å². The number of carbonyl (C=O) groups is 2. The summed E-state index contributed by atoms with van der Waals surface area (Å²) in [6.45, 7) is 1.03. The van der Waals surface area contributed by atoms with Crippen LogP contribution in [0.25, 0.3) is 22.5 Å². The molecule has 0 aliphatic heterocycles. The minimum atomic E-state index is -0.205. The molecule has 2 heterocycles. The molecular weight excluding hydrogens is 524 g/mol. The summed E-state index contributed by atoms with van der Waals surface area (Å²) < 4.78 is 10.3. The maximum absolute atomic E-state index is 12.4. The average molecular weight is 553 g/mol. The van der Waals surface area contributed by atoms with Crippen LogP contribution in [0.5, 0.6) is 11.5 Å². The van der Waals surface area contributed by atoms with Crippen molar-refractivity contribution >= 4 is 33.4 Å². The van der Waals surface area contributed by atoms with Crippen molar-refractivity contribution in [1.29, 1.82) is 0 Å². The van der Waals surface area contributed by atoms with Gasteiger partial charge in [-0.05, 0) is 60.7 Å². The average Bonchev–Trinajstić information content (AvgIpc) is 3.65. The van der Waals surface area contributed by atoms with E-state index in [9.17, 15) is 9.59 Å². The summed E-state index contributed by atoms with van der Waals surface area (Å²) in [5.41, 5.74) is 3.99. The quantitative estimate of drug-likeness (QED) is 0.144. The lowest BCUT2D eigenvalue weighted by atomic mass is 10.1. The first-order valence-corrected chi connectivity index (χ1v) is 14.3. The zero-order chi connectivity index (χ0) is 26.7. The van der Waals surface area contributed by atoms with Crippen molar-refractivity contribution in [2.24, 2.45) is 0 Å². The lowest BCUT2D eigenvalue weighted by Gasteiger charge is -2.04. The number of benzene rings is 2. The fourth-order valence-corrected chi connectivity index (χ4v) is 5.23. The number of nitrogens with zero attached hydrogens (tertiary/aromatic N) is 2. The maximum atomic E-state index is 12.4. The Balaban J connectivity index is 1.09. The van der Waals surface area contributed by atoms with E-state index in [1.165, 1.54) is 0 Å². The van der Waals surface area contributed by atoms with Gasteiger partial charge in [0.2, 0.25) is 0 Å². The third kappa shape index (κ3) is 7.33. The highest BCUT2D eigenvalue weighted by Gasteiger charge is 2.12. The van der Waals surface area contributed by atoms with Crippen LogP contribution in [0.1, 0.15) is 21.0 Å². The summed E-state index contributed by atoms with van der Waals surface area (Å²) in [4.78, 5) is 24.8. The van der Waals surface area contributed by atoms with Gasteiger partial charge >= 0.3 is 0 Å². The molecule has 0 aliphatic carbocycles. The normalized spacial score (nSPS) is 10.7. The summed E-state index contributed by atoms with van der Waals surface area (Å²) in [6, 6.07) is 18.4. The van der Waals surface area contributed by atoms with Gasteiger partial charge in [0.1, 0.15) is 22.9 Å². The number of amides is 2. The first-order valence-electron chi connectivity index (χ1n) is 11.8. The molecule has 0 aliphatic rings. The Hall–Kier alpha value is -3.90. The molecule has 0 spiro atoms. The number of methoxy groups -OCH3 is 2. The molecule has 10 nitrogen and oxygen atoms in total. The third-order valence-corrected chi connectivity index (χ3v) is 7.85. The molecule has 2 aromatic carbocycles. The Bertz CT molecular complexity index is 1230. The Morgan fingerprint density at radius 3 is 1.47 bits per heavy atom. The van der Waals surface area contributed by atoms with Gasteiger partial charge in [0.25, 0.3) is 11.8 Å². The van der Waals surface area contributed by atoms with Crippen LogP contribution in [0.15, 0.2) is 60.7 Å². The number of H-pyrrole nitrogens is 2. The number of ether oxygens (including phenoxy) is 2. The van der Waals surface area contributed by atoms with Gasteiger partial charge in [0.05, 0.1) is 25.6 Å². The molecule has 198 valence electrons.